The van der Waals surface area contributed by atoms with Gasteiger partial charge in [-0.05, 0) is 52.4 Å². The fourth-order valence-corrected chi connectivity index (χ4v) is 2.86. The highest BCUT2D eigenvalue weighted by Gasteiger charge is 2.13. The van der Waals surface area contributed by atoms with Crippen LogP contribution in [-0.4, -0.2) is 18.2 Å². The Bertz CT molecular complexity index is 999. The van der Waals surface area contributed by atoms with E-state index in [9.17, 15) is 4.79 Å². The summed E-state index contributed by atoms with van der Waals surface area (Å²) >= 11 is 0. The van der Waals surface area contributed by atoms with Crippen LogP contribution in [0, 0.1) is 0 Å². The molecule has 0 fully saturated rings. The number of rotatable bonds is 5. The summed E-state index contributed by atoms with van der Waals surface area (Å²) in [7, 11) is 0. The second kappa shape index (κ2) is 8.26. The van der Waals surface area contributed by atoms with Crippen LogP contribution in [0.25, 0.3) is 10.8 Å². The molecule has 4 nitrogen and oxygen atoms in total. The number of fused-ring (bicyclic) bond motifs is 1. The molecule has 144 valence electrons. The first kappa shape index (κ1) is 19.6. The van der Waals surface area contributed by atoms with Crippen LogP contribution in [0.4, 0.5) is 0 Å². The van der Waals surface area contributed by atoms with Crippen LogP contribution >= 0.6 is 0 Å². The van der Waals surface area contributed by atoms with Gasteiger partial charge < -0.3 is 4.74 Å². The van der Waals surface area contributed by atoms with Crippen molar-refractivity contribution in [2.24, 2.45) is 5.10 Å². The average Bonchev–Trinajstić information content (AvgIpc) is 2.69. The number of nitrogens with zero attached hydrogens (tertiary/aromatic N) is 1. The van der Waals surface area contributed by atoms with E-state index in [4.69, 9.17) is 4.74 Å². The van der Waals surface area contributed by atoms with Crippen molar-refractivity contribution in [3.8, 4) is 5.75 Å². The van der Waals surface area contributed by atoms with Gasteiger partial charge in [0.05, 0.1) is 5.71 Å². The van der Waals surface area contributed by atoms with E-state index in [2.05, 4.69) is 55.6 Å². The molecule has 0 aromatic heterocycles. The Hall–Kier alpha value is -3.14. The van der Waals surface area contributed by atoms with Crippen molar-refractivity contribution in [3.63, 3.8) is 0 Å². The number of nitrogens with one attached hydrogen (secondary N) is 1. The molecule has 3 rings (SSSR count). The Labute approximate surface area is 166 Å². The van der Waals surface area contributed by atoms with Gasteiger partial charge in [-0.1, -0.05) is 69.3 Å². The van der Waals surface area contributed by atoms with Crippen molar-refractivity contribution in [1.82, 2.24) is 5.43 Å². The Balaban J connectivity index is 1.56. The number of amides is 1. The van der Waals surface area contributed by atoms with E-state index in [-0.39, 0.29) is 17.9 Å². The molecule has 4 heteroatoms. The second-order valence-electron chi connectivity index (χ2n) is 7.86. The van der Waals surface area contributed by atoms with Crippen molar-refractivity contribution in [1.29, 1.82) is 0 Å². The molecule has 1 amide bonds. The topological polar surface area (TPSA) is 50.7 Å². The van der Waals surface area contributed by atoms with Crippen LogP contribution in [0.1, 0.15) is 38.8 Å². The van der Waals surface area contributed by atoms with Gasteiger partial charge in [0, 0.05) is 0 Å². The molecule has 3 aromatic carbocycles. The maximum atomic E-state index is 12.0. The minimum absolute atomic E-state index is 0.0800. The van der Waals surface area contributed by atoms with E-state index >= 15 is 0 Å². The van der Waals surface area contributed by atoms with E-state index in [1.165, 1.54) is 10.9 Å². The Morgan fingerprint density at radius 2 is 1.64 bits per heavy atom. The van der Waals surface area contributed by atoms with Gasteiger partial charge in [0.2, 0.25) is 0 Å². The number of hydrogen-bond donors (Lipinski definition) is 1. The summed E-state index contributed by atoms with van der Waals surface area (Å²) in [5, 5.41) is 6.51. The number of ether oxygens (including phenoxy) is 1. The monoisotopic (exact) mass is 374 g/mol. The maximum absolute atomic E-state index is 12.0. The molecule has 28 heavy (non-hydrogen) atoms. The first-order chi connectivity index (χ1) is 13.3. The van der Waals surface area contributed by atoms with Crippen molar-refractivity contribution in [3.05, 3.63) is 77.9 Å². The van der Waals surface area contributed by atoms with Gasteiger partial charge in [0.15, 0.2) is 6.61 Å². The van der Waals surface area contributed by atoms with Crippen LogP contribution in [0.5, 0.6) is 5.75 Å². The fourth-order valence-electron chi connectivity index (χ4n) is 2.86. The van der Waals surface area contributed by atoms with Gasteiger partial charge in [-0.2, -0.15) is 5.10 Å². The minimum atomic E-state index is -0.292. The molecule has 0 saturated carbocycles. The summed E-state index contributed by atoms with van der Waals surface area (Å²) in [5.74, 6) is 0.374. The van der Waals surface area contributed by atoms with E-state index in [1.54, 1.807) is 0 Å². The predicted molar refractivity (Wildman–Crippen MR) is 115 cm³/mol. The summed E-state index contributed by atoms with van der Waals surface area (Å²) in [6.07, 6.45) is 0. The number of carbonyl (C=O) groups excluding carboxylic acids is 1. The van der Waals surface area contributed by atoms with Crippen LogP contribution in [0.3, 0.4) is 0 Å². The molecule has 1 N–H and O–H groups in total. The van der Waals surface area contributed by atoms with Gasteiger partial charge >= 0.3 is 0 Å². The van der Waals surface area contributed by atoms with Gasteiger partial charge in [0.25, 0.3) is 5.91 Å². The summed E-state index contributed by atoms with van der Waals surface area (Å²) in [6.45, 7) is 8.27. The zero-order valence-electron chi connectivity index (χ0n) is 16.8. The predicted octanol–water partition coefficient (Wildman–Crippen LogP) is 5.06. The highest BCUT2D eigenvalue weighted by molar-refractivity contribution is 6.02. The molecule has 0 aliphatic heterocycles. The van der Waals surface area contributed by atoms with Crippen molar-refractivity contribution in [2.45, 2.75) is 33.1 Å². The maximum Gasteiger partial charge on any atom is 0.277 e. The Kier molecular flexibility index (Phi) is 5.78. The summed E-state index contributed by atoms with van der Waals surface area (Å²) in [4.78, 5) is 12.0. The normalized spacial score (nSPS) is 12.1. The zero-order chi connectivity index (χ0) is 20.1. The number of hydrogen-bond acceptors (Lipinski definition) is 3. The molecular weight excluding hydrogens is 348 g/mol. The second-order valence-corrected chi connectivity index (χ2v) is 7.86. The lowest BCUT2D eigenvalue weighted by Gasteiger charge is -2.19. The summed E-state index contributed by atoms with van der Waals surface area (Å²) in [5.41, 5.74) is 5.58. The highest BCUT2D eigenvalue weighted by atomic mass is 16.5. The van der Waals surface area contributed by atoms with Gasteiger partial charge in [-0.3, -0.25) is 4.79 Å². The SMILES string of the molecule is C/C(=N/NC(=O)COc1ccc(C(C)(C)C)cc1)c1ccc2ccccc2c1. The lowest BCUT2D eigenvalue weighted by atomic mass is 9.87. The number of carbonyl (C=O) groups is 1. The molecule has 0 saturated heterocycles. The Morgan fingerprint density at radius 1 is 0.964 bits per heavy atom. The molecule has 0 radical (unpaired) electrons. The summed E-state index contributed by atoms with van der Waals surface area (Å²) < 4.78 is 5.55. The Morgan fingerprint density at radius 3 is 2.32 bits per heavy atom. The first-order valence-electron chi connectivity index (χ1n) is 9.38. The fraction of sp³-hybridized carbons (Fsp3) is 0.250. The van der Waals surface area contributed by atoms with Crippen molar-refractivity contribution in [2.75, 3.05) is 6.61 Å². The van der Waals surface area contributed by atoms with Crippen molar-refractivity contribution < 1.29 is 9.53 Å². The average molecular weight is 374 g/mol. The molecule has 0 aliphatic rings. The first-order valence-corrected chi connectivity index (χ1v) is 9.38. The van der Waals surface area contributed by atoms with Gasteiger partial charge in [-0.25, -0.2) is 5.43 Å². The van der Waals surface area contributed by atoms with Gasteiger partial charge in [-0.15, -0.1) is 0 Å². The van der Waals surface area contributed by atoms with Crippen molar-refractivity contribution >= 4 is 22.4 Å². The van der Waals surface area contributed by atoms with Crippen LogP contribution in [-0.2, 0) is 10.2 Å². The molecular formula is C24H26N2O2. The third-order valence-corrected chi connectivity index (χ3v) is 4.61. The van der Waals surface area contributed by atoms with Crippen LogP contribution < -0.4 is 10.2 Å². The van der Waals surface area contributed by atoms with Gasteiger partial charge in [0.1, 0.15) is 5.75 Å². The standard InChI is InChI=1S/C24H26N2O2/c1-17(19-10-9-18-7-5-6-8-20(18)15-19)25-26-23(27)16-28-22-13-11-21(12-14-22)24(2,3)4/h5-15H,16H2,1-4H3,(H,26,27)/b25-17-. The molecule has 0 bridgehead atoms. The highest BCUT2D eigenvalue weighted by Crippen LogP contribution is 2.24. The minimum Gasteiger partial charge on any atom is -0.484 e. The third kappa shape index (κ3) is 4.97. The van der Waals surface area contributed by atoms with Crippen LogP contribution in [0.2, 0.25) is 0 Å². The number of benzene rings is 3. The quantitative estimate of drug-likeness (QED) is 0.501. The van der Waals surface area contributed by atoms with E-state index < -0.39 is 0 Å². The molecule has 0 heterocycles. The van der Waals surface area contributed by atoms with E-state index in [0.717, 1.165) is 16.7 Å². The lowest BCUT2D eigenvalue weighted by molar-refractivity contribution is -0.123. The summed E-state index contributed by atoms with van der Waals surface area (Å²) in [6, 6.07) is 22.1. The smallest absolute Gasteiger partial charge is 0.277 e. The molecule has 0 unspecified atom stereocenters. The molecule has 0 spiro atoms. The van der Waals surface area contributed by atoms with Crippen LogP contribution in [0.15, 0.2) is 71.8 Å². The van der Waals surface area contributed by atoms with E-state index in [1.807, 2.05) is 49.4 Å². The largest absolute Gasteiger partial charge is 0.484 e. The van der Waals surface area contributed by atoms with E-state index in [0.29, 0.717) is 5.75 Å². The molecule has 0 aliphatic carbocycles. The molecule has 3 aromatic rings. The molecule has 0 atom stereocenters. The lowest BCUT2D eigenvalue weighted by Crippen LogP contribution is -2.25. The number of hydrazone groups is 1. The zero-order valence-corrected chi connectivity index (χ0v) is 16.8. The third-order valence-electron chi connectivity index (χ3n) is 4.61.